The fraction of sp³-hybridized carbons (Fsp3) is 0.579. The van der Waals surface area contributed by atoms with E-state index in [9.17, 15) is 14.7 Å². The number of rotatable bonds is 3. The molecule has 0 radical (unpaired) electrons. The van der Waals surface area contributed by atoms with Gasteiger partial charge in [0.05, 0.1) is 0 Å². The van der Waals surface area contributed by atoms with Gasteiger partial charge in [-0.3, -0.25) is 9.59 Å². The largest absolute Gasteiger partial charge is 0.396 e. The lowest BCUT2D eigenvalue weighted by molar-refractivity contribution is -0.130. The van der Waals surface area contributed by atoms with Crippen LogP contribution >= 0.6 is 0 Å². The number of hydrogen-bond donors (Lipinski definition) is 1. The molecule has 5 heteroatoms. The van der Waals surface area contributed by atoms with Gasteiger partial charge in [0.15, 0.2) is 0 Å². The SMILES string of the molecule is CC(=O)N1CCC([C@@H]2CN(C(=O)c3ccccc3)C[C@H]2CO)CC1. The van der Waals surface area contributed by atoms with Crippen molar-refractivity contribution in [3.63, 3.8) is 0 Å². The maximum absolute atomic E-state index is 12.7. The molecule has 0 bridgehead atoms. The van der Waals surface area contributed by atoms with Gasteiger partial charge >= 0.3 is 0 Å². The van der Waals surface area contributed by atoms with Crippen LogP contribution in [-0.2, 0) is 4.79 Å². The first-order valence-corrected chi connectivity index (χ1v) is 8.81. The van der Waals surface area contributed by atoms with E-state index >= 15 is 0 Å². The minimum absolute atomic E-state index is 0.0534. The molecular weight excluding hydrogens is 304 g/mol. The van der Waals surface area contributed by atoms with Gasteiger partial charge < -0.3 is 14.9 Å². The van der Waals surface area contributed by atoms with E-state index in [0.717, 1.165) is 25.9 Å². The number of nitrogens with zero attached hydrogens (tertiary/aromatic N) is 2. The summed E-state index contributed by atoms with van der Waals surface area (Å²) in [6.07, 6.45) is 1.93. The topological polar surface area (TPSA) is 60.9 Å². The molecule has 2 atom stereocenters. The van der Waals surface area contributed by atoms with Crippen LogP contribution in [0.25, 0.3) is 0 Å². The number of aliphatic hydroxyl groups is 1. The number of aliphatic hydroxyl groups excluding tert-OH is 1. The second-order valence-corrected chi connectivity index (χ2v) is 7.03. The Hall–Kier alpha value is -1.88. The Morgan fingerprint density at radius 3 is 2.33 bits per heavy atom. The highest BCUT2D eigenvalue weighted by atomic mass is 16.3. The Morgan fingerprint density at radius 1 is 1.08 bits per heavy atom. The molecule has 5 nitrogen and oxygen atoms in total. The molecule has 0 spiro atoms. The molecule has 3 rings (SSSR count). The number of likely N-dealkylation sites (tertiary alicyclic amines) is 2. The smallest absolute Gasteiger partial charge is 0.253 e. The van der Waals surface area contributed by atoms with Crippen molar-refractivity contribution in [2.45, 2.75) is 19.8 Å². The molecule has 0 aliphatic carbocycles. The van der Waals surface area contributed by atoms with Crippen molar-refractivity contribution < 1.29 is 14.7 Å². The highest BCUT2D eigenvalue weighted by Crippen LogP contribution is 2.36. The quantitative estimate of drug-likeness (QED) is 0.916. The molecule has 0 aromatic heterocycles. The molecule has 2 aliphatic rings. The first-order chi connectivity index (χ1) is 11.6. The first kappa shape index (κ1) is 17.0. The Balaban J connectivity index is 1.65. The Morgan fingerprint density at radius 2 is 1.75 bits per heavy atom. The van der Waals surface area contributed by atoms with Gasteiger partial charge in [0, 0.05) is 51.2 Å². The maximum atomic E-state index is 12.7. The third kappa shape index (κ3) is 3.46. The van der Waals surface area contributed by atoms with Crippen LogP contribution in [0, 0.1) is 17.8 Å². The standard InChI is InChI=1S/C19H26N2O3/c1-14(23)20-9-7-15(8-10-20)18-12-21(11-17(18)13-22)19(24)16-5-3-2-4-6-16/h2-6,15,17-18,22H,7-13H2,1H3/t17-,18-/m0/s1. The highest BCUT2D eigenvalue weighted by Gasteiger charge is 2.40. The summed E-state index contributed by atoms with van der Waals surface area (Å²) in [7, 11) is 0. The highest BCUT2D eigenvalue weighted by molar-refractivity contribution is 5.94. The monoisotopic (exact) mass is 330 g/mol. The minimum Gasteiger partial charge on any atom is -0.396 e. The molecule has 0 saturated carbocycles. The number of carbonyl (C=O) groups excluding carboxylic acids is 2. The molecule has 2 amide bonds. The molecule has 2 fully saturated rings. The third-order valence-electron chi connectivity index (χ3n) is 5.62. The van der Waals surface area contributed by atoms with E-state index in [2.05, 4.69) is 0 Å². The van der Waals surface area contributed by atoms with E-state index in [1.807, 2.05) is 40.1 Å². The van der Waals surface area contributed by atoms with Gasteiger partial charge in [-0.05, 0) is 36.8 Å². The van der Waals surface area contributed by atoms with Crippen LogP contribution in [0.3, 0.4) is 0 Å². The lowest BCUT2D eigenvalue weighted by Crippen LogP contribution is -2.40. The second kappa shape index (κ2) is 7.34. The van der Waals surface area contributed by atoms with Crippen LogP contribution in [-0.4, -0.2) is 59.5 Å². The van der Waals surface area contributed by atoms with Gasteiger partial charge in [-0.15, -0.1) is 0 Å². The van der Waals surface area contributed by atoms with Crippen molar-refractivity contribution >= 4 is 11.8 Å². The summed E-state index contributed by atoms with van der Waals surface area (Å²) in [6.45, 7) is 4.66. The summed E-state index contributed by atoms with van der Waals surface area (Å²) < 4.78 is 0. The minimum atomic E-state index is 0.0534. The normalized spacial score (nSPS) is 25.1. The predicted octanol–water partition coefficient (Wildman–Crippen LogP) is 1.63. The van der Waals surface area contributed by atoms with Crippen molar-refractivity contribution in [1.29, 1.82) is 0 Å². The first-order valence-electron chi connectivity index (χ1n) is 8.81. The van der Waals surface area contributed by atoms with Crippen LogP contribution in [0.1, 0.15) is 30.1 Å². The second-order valence-electron chi connectivity index (χ2n) is 7.03. The van der Waals surface area contributed by atoms with Crippen LogP contribution < -0.4 is 0 Å². The van der Waals surface area contributed by atoms with E-state index in [1.165, 1.54) is 0 Å². The zero-order valence-corrected chi connectivity index (χ0v) is 14.2. The van der Waals surface area contributed by atoms with Crippen molar-refractivity contribution in [2.24, 2.45) is 17.8 Å². The molecule has 2 aliphatic heterocycles. The molecule has 0 unspecified atom stereocenters. The van der Waals surface area contributed by atoms with E-state index in [4.69, 9.17) is 0 Å². The summed E-state index contributed by atoms with van der Waals surface area (Å²) in [5, 5.41) is 9.77. The fourth-order valence-electron chi connectivity index (χ4n) is 4.20. The summed E-state index contributed by atoms with van der Waals surface area (Å²) >= 11 is 0. The maximum Gasteiger partial charge on any atom is 0.253 e. The summed E-state index contributed by atoms with van der Waals surface area (Å²) in [5.41, 5.74) is 0.709. The number of hydrogen-bond acceptors (Lipinski definition) is 3. The van der Waals surface area contributed by atoms with Gasteiger partial charge in [0.2, 0.25) is 5.91 Å². The van der Waals surface area contributed by atoms with Gasteiger partial charge in [0.1, 0.15) is 0 Å². The average molecular weight is 330 g/mol. The average Bonchev–Trinajstić information content (AvgIpc) is 3.06. The third-order valence-corrected chi connectivity index (χ3v) is 5.62. The molecule has 1 aromatic rings. The van der Waals surface area contributed by atoms with Crippen LogP contribution in [0.15, 0.2) is 30.3 Å². The van der Waals surface area contributed by atoms with E-state index < -0.39 is 0 Å². The van der Waals surface area contributed by atoms with Crippen LogP contribution in [0.2, 0.25) is 0 Å². The van der Waals surface area contributed by atoms with Crippen LogP contribution in [0.5, 0.6) is 0 Å². The lowest BCUT2D eigenvalue weighted by Gasteiger charge is -2.35. The Labute approximate surface area is 143 Å². The van der Waals surface area contributed by atoms with Gasteiger partial charge in [0.25, 0.3) is 5.91 Å². The molecule has 1 aromatic carbocycles. The summed E-state index contributed by atoms with van der Waals surface area (Å²) in [5.74, 6) is 1.15. The number of carbonyl (C=O) groups is 2. The van der Waals surface area contributed by atoms with E-state index in [1.54, 1.807) is 6.92 Å². The molecule has 130 valence electrons. The fourth-order valence-corrected chi connectivity index (χ4v) is 4.20. The van der Waals surface area contributed by atoms with E-state index in [0.29, 0.717) is 30.5 Å². The van der Waals surface area contributed by atoms with Crippen molar-refractivity contribution in [1.82, 2.24) is 9.80 Å². The zero-order valence-electron chi connectivity index (χ0n) is 14.2. The predicted molar refractivity (Wildman–Crippen MR) is 91.4 cm³/mol. The Kier molecular flexibility index (Phi) is 5.19. The van der Waals surface area contributed by atoms with Gasteiger partial charge in [-0.1, -0.05) is 18.2 Å². The molecule has 24 heavy (non-hydrogen) atoms. The van der Waals surface area contributed by atoms with Crippen molar-refractivity contribution in [3.8, 4) is 0 Å². The van der Waals surface area contributed by atoms with Gasteiger partial charge in [-0.25, -0.2) is 0 Å². The summed E-state index contributed by atoms with van der Waals surface area (Å²) in [4.78, 5) is 27.9. The number of benzene rings is 1. The number of amides is 2. The van der Waals surface area contributed by atoms with Crippen molar-refractivity contribution in [2.75, 3.05) is 32.8 Å². The molecule has 2 heterocycles. The molecule has 1 N–H and O–H groups in total. The zero-order chi connectivity index (χ0) is 17.1. The number of piperidine rings is 1. The summed E-state index contributed by atoms with van der Waals surface area (Å²) in [6, 6.07) is 9.34. The molecular formula is C19H26N2O3. The van der Waals surface area contributed by atoms with Gasteiger partial charge in [-0.2, -0.15) is 0 Å². The van der Waals surface area contributed by atoms with E-state index in [-0.39, 0.29) is 24.3 Å². The Bertz CT molecular complexity index is 582. The lowest BCUT2D eigenvalue weighted by atomic mass is 9.79. The van der Waals surface area contributed by atoms with Crippen LogP contribution in [0.4, 0.5) is 0 Å². The molecule has 2 saturated heterocycles. The van der Waals surface area contributed by atoms with Crippen molar-refractivity contribution in [3.05, 3.63) is 35.9 Å².